The minimum atomic E-state index is -0.135. The molecule has 170 valence electrons. The summed E-state index contributed by atoms with van der Waals surface area (Å²) in [6, 6.07) is 21.7. The molecule has 0 atom stereocenters. The van der Waals surface area contributed by atoms with Gasteiger partial charge in [0.2, 0.25) is 0 Å². The van der Waals surface area contributed by atoms with Crippen LogP contribution in [-0.4, -0.2) is 42.0 Å². The Morgan fingerprint density at radius 1 is 1.06 bits per heavy atom. The van der Waals surface area contributed by atoms with Gasteiger partial charge in [-0.2, -0.15) is 0 Å². The van der Waals surface area contributed by atoms with Crippen LogP contribution in [0.1, 0.15) is 15.9 Å². The van der Waals surface area contributed by atoms with E-state index in [0.717, 1.165) is 59.0 Å². The second kappa shape index (κ2) is 10.8. The summed E-state index contributed by atoms with van der Waals surface area (Å²) >= 11 is 5.08. The van der Waals surface area contributed by atoms with Crippen molar-refractivity contribution in [3.63, 3.8) is 0 Å². The third kappa shape index (κ3) is 5.62. The van der Waals surface area contributed by atoms with E-state index in [1.807, 2.05) is 36.4 Å². The fourth-order valence-electron chi connectivity index (χ4n) is 3.88. The van der Waals surface area contributed by atoms with Crippen molar-refractivity contribution >= 4 is 61.5 Å². The van der Waals surface area contributed by atoms with E-state index in [1.54, 1.807) is 23.5 Å². The molecule has 0 aliphatic carbocycles. The summed E-state index contributed by atoms with van der Waals surface area (Å²) < 4.78 is 2.11. The summed E-state index contributed by atoms with van der Waals surface area (Å²) in [4.78, 5) is 20.1. The lowest BCUT2D eigenvalue weighted by Gasteiger charge is -2.27. The quantitative estimate of drug-likeness (QED) is 0.334. The summed E-state index contributed by atoms with van der Waals surface area (Å²) in [6.07, 6.45) is 0. The molecule has 0 unspecified atom stereocenters. The van der Waals surface area contributed by atoms with Crippen molar-refractivity contribution in [3.8, 4) is 10.6 Å². The molecule has 5 nitrogen and oxygen atoms in total. The molecule has 33 heavy (non-hydrogen) atoms. The monoisotopic (exact) mass is 542 g/mol. The summed E-state index contributed by atoms with van der Waals surface area (Å²) in [7, 11) is 0. The second-order valence-electron chi connectivity index (χ2n) is 7.85. The number of rotatable bonds is 5. The number of carbonyl (C=O) groups excluding carboxylic acids is 1. The Morgan fingerprint density at radius 3 is 2.61 bits per heavy atom. The number of anilines is 1. The van der Waals surface area contributed by atoms with Crippen molar-refractivity contribution in [1.82, 2.24) is 15.2 Å². The number of hydrogen-bond acceptors (Lipinski definition) is 5. The minimum Gasteiger partial charge on any atom is -0.321 e. The first-order valence-corrected chi connectivity index (χ1v) is 12.3. The number of hydrogen-bond donors (Lipinski definition) is 2. The predicted molar refractivity (Wildman–Crippen MR) is 143 cm³/mol. The molecule has 1 aliphatic heterocycles. The van der Waals surface area contributed by atoms with Crippen LogP contribution < -0.4 is 10.6 Å². The van der Waals surface area contributed by atoms with Crippen LogP contribution in [0, 0.1) is 0 Å². The van der Waals surface area contributed by atoms with Gasteiger partial charge in [0, 0.05) is 48.3 Å². The van der Waals surface area contributed by atoms with Gasteiger partial charge in [-0.15, -0.1) is 23.7 Å². The van der Waals surface area contributed by atoms with Crippen LogP contribution in [0.4, 0.5) is 5.69 Å². The van der Waals surface area contributed by atoms with Crippen molar-refractivity contribution < 1.29 is 4.79 Å². The van der Waals surface area contributed by atoms with Crippen LogP contribution >= 0.6 is 39.7 Å². The van der Waals surface area contributed by atoms with E-state index in [4.69, 9.17) is 4.98 Å². The van der Waals surface area contributed by atoms with Crippen LogP contribution in [0.15, 0.2) is 71.2 Å². The van der Waals surface area contributed by atoms with E-state index in [9.17, 15) is 4.79 Å². The van der Waals surface area contributed by atoms with Gasteiger partial charge in [-0.05, 0) is 54.1 Å². The molecule has 8 heteroatoms. The number of amides is 1. The zero-order valence-corrected chi connectivity index (χ0v) is 21.1. The van der Waals surface area contributed by atoms with E-state index in [-0.39, 0.29) is 18.3 Å². The van der Waals surface area contributed by atoms with Gasteiger partial charge in [0.1, 0.15) is 5.01 Å². The van der Waals surface area contributed by atoms with Crippen LogP contribution in [0.2, 0.25) is 0 Å². The number of nitrogens with one attached hydrogen (secondary N) is 2. The first-order chi connectivity index (χ1) is 15.7. The van der Waals surface area contributed by atoms with Gasteiger partial charge in [-0.3, -0.25) is 9.69 Å². The van der Waals surface area contributed by atoms with Gasteiger partial charge in [0.05, 0.1) is 15.9 Å². The summed E-state index contributed by atoms with van der Waals surface area (Å²) in [5.74, 6) is -0.135. The standard InChI is InChI=1S/C25H23BrN4OS.ClH/c26-19-8-6-18(7-9-19)24(31)28-21-4-2-1-3-20(21)25-29-22-10-5-17(15-23(22)32-25)16-30-13-11-27-12-14-30;/h1-10,15,27H,11-14,16H2,(H,28,31);1H. The molecule has 1 aromatic heterocycles. The second-order valence-corrected chi connectivity index (χ2v) is 9.80. The molecule has 5 rings (SSSR count). The predicted octanol–water partition coefficient (Wildman–Crippen LogP) is 5.81. The lowest BCUT2D eigenvalue weighted by Crippen LogP contribution is -2.42. The molecular weight excluding hydrogens is 520 g/mol. The number of nitrogens with zero attached hydrogens (tertiary/aromatic N) is 2. The van der Waals surface area contributed by atoms with Crippen molar-refractivity contribution in [2.24, 2.45) is 0 Å². The van der Waals surface area contributed by atoms with E-state index < -0.39 is 0 Å². The Hall–Kier alpha value is -2.29. The topological polar surface area (TPSA) is 57.3 Å². The van der Waals surface area contributed by atoms with E-state index in [1.165, 1.54) is 10.3 Å². The Bertz CT molecular complexity index is 1250. The zero-order valence-electron chi connectivity index (χ0n) is 17.9. The smallest absolute Gasteiger partial charge is 0.255 e. The molecule has 0 spiro atoms. The zero-order chi connectivity index (χ0) is 21.9. The summed E-state index contributed by atoms with van der Waals surface area (Å²) in [5.41, 5.74) is 4.61. The van der Waals surface area contributed by atoms with Crippen molar-refractivity contribution in [2.45, 2.75) is 6.54 Å². The number of para-hydroxylation sites is 1. The number of fused-ring (bicyclic) bond motifs is 1. The minimum absolute atomic E-state index is 0. The Balaban J connectivity index is 0.00000259. The normalized spacial score (nSPS) is 14.1. The molecule has 2 N–H and O–H groups in total. The maximum atomic E-state index is 12.8. The maximum absolute atomic E-state index is 12.8. The van der Waals surface area contributed by atoms with Crippen molar-refractivity contribution in [1.29, 1.82) is 0 Å². The van der Waals surface area contributed by atoms with Crippen molar-refractivity contribution in [2.75, 3.05) is 31.5 Å². The number of thiazole rings is 1. The number of halogens is 2. The number of aromatic nitrogens is 1. The molecule has 0 radical (unpaired) electrons. The average molecular weight is 544 g/mol. The maximum Gasteiger partial charge on any atom is 0.255 e. The van der Waals surface area contributed by atoms with Gasteiger partial charge < -0.3 is 10.6 Å². The van der Waals surface area contributed by atoms with Gasteiger partial charge in [-0.25, -0.2) is 4.98 Å². The molecule has 1 saturated heterocycles. The molecule has 1 fully saturated rings. The largest absolute Gasteiger partial charge is 0.321 e. The number of carbonyl (C=O) groups is 1. The summed E-state index contributed by atoms with van der Waals surface area (Å²) in [6.45, 7) is 5.23. The van der Waals surface area contributed by atoms with Gasteiger partial charge in [-0.1, -0.05) is 34.1 Å². The molecule has 1 amide bonds. The Labute approximate surface area is 211 Å². The molecule has 2 heterocycles. The average Bonchev–Trinajstić information content (AvgIpc) is 3.24. The van der Waals surface area contributed by atoms with E-state index >= 15 is 0 Å². The fourth-order valence-corrected chi connectivity index (χ4v) is 5.22. The molecule has 3 aromatic carbocycles. The molecule has 1 aliphatic rings. The van der Waals surface area contributed by atoms with Gasteiger partial charge >= 0.3 is 0 Å². The Kier molecular flexibility index (Phi) is 7.78. The highest BCUT2D eigenvalue weighted by atomic mass is 79.9. The Morgan fingerprint density at radius 2 is 1.82 bits per heavy atom. The van der Waals surface area contributed by atoms with Crippen LogP contribution in [-0.2, 0) is 6.54 Å². The highest BCUT2D eigenvalue weighted by Crippen LogP contribution is 2.35. The first kappa shape index (κ1) is 23.9. The van der Waals surface area contributed by atoms with Crippen LogP contribution in [0.25, 0.3) is 20.8 Å². The highest BCUT2D eigenvalue weighted by molar-refractivity contribution is 9.10. The molecule has 0 bridgehead atoms. The lowest BCUT2D eigenvalue weighted by atomic mass is 10.1. The molecule has 0 saturated carbocycles. The van der Waals surface area contributed by atoms with Gasteiger partial charge in [0.15, 0.2) is 0 Å². The highest BCUT2D eigenvalue weighted by Gasteiger charge is 2.15. The van der Waals surface area contributed by atoms with E-state index in [2.05, 4.69) is 49.7 Å². The van der Waals surface area contributed by atoms with Gasteiger partial charge in [0.25, 0.3) is 5.91 Å². The number of benzene rings is 3. The first-order valence-electron chi connectivity index (χ1n) is 10.6. The number of piperazine rings is 1. The third-order valence-electron chi connectivity index (χ3n) is 5.58. The van der Waals surface area contributed by atoms with Crippen molar-refractivity contribution in [3.05, 3.63) is 82.3 Å². The van der Waals surface area contributed by atoms with Crippen LogP contribution in [0.3, 0.4) is 0 Å². The SMILES string of the molecule is Cl.O=C(Nc1ccccc1-c1nc2ccc(CN3CCNCC3)cc2s1)c1ccc(Br)cc1. The van der Waals surface area contributed by atoms with E-state index in [0.29, 0.717) is 5.56 Å². The lowest BCUT2D eigenvalue weighted by molar-refractivity contribution is 0.102. The fraction of sp³-hybridized carbons (Fsp3) is 0.200. The van der Waals surface area contributed by atoms with Crippen LogP contribution in [0.5, 0.6) is 0 Å². The molecular formula is C25H24BrClN4OS. The third-order valence-corrected chi connectivity index (χ3v) is 7.16. The molecule has 4 aromatic rings. The summed E-state index contributed by atoms with van der Waals surface area (Å²) in [5, 5.41) is 7.36.